The average Bonchev–Trinajstić information content (AvgIpc) is 3.42. The molecule has 1 saturated heterocycles. The van der Waals surface area contributed by atoms with Gasteiger partial charge in [0.1, 0.15) is 11.4 Å². The summed E-state index contributed by atoms with van der Waals surface area (Å²) in [6, 6.07) is 13.4. The molecular formula is C21H24N4O2. The third-order valence-corrected chi connectivity index (χ3v) is 4.87. The summed E-state index contributed by atoms with van der Waals surface area (Å²) < 4.78 is 7.15. The topological polar surface area (TPSA) is 63.3 Å². The van der Waals surface area contributed by atoms with Crippen LogP contribution in [0.25, 0.3) is 17.1 Å². The molecule has 1 aliphatic heterocycles. The fourth-order valence-electron chi connectivity index (χ4n) is 3.47. The molecule has 0 bridgehead atoms. The Kier molecular flexibility index (Phi) is 5.07. The molecule has 6 heteroatoms. The lowest BCUT2D eigenvalue weighted by molar-refractivity contribution is 0.0942. The van der Waals surface area contributed by atoms with Gasteiger partial charge in [0, 0.05) is 19.2 Å². The Hall–Kier alpha value is -2.86. The molecule has 0 atom stereocenters. The number of amides is 1. The van der Waals surface area contributed by atoms with Crippen LogP contribution in [-0.2, 0) is 0 Å². The summed E-state index contributed by atoms with van der Waals surface area (Å²) in [4.78, 5) is 15.2. The van der Waals surface area contributed by atoms with Crippen molar-refractivity contribution in [3.05, 3.63) is 60.0 Å². The molecule has 1 N–H and O–H groups in total. The lowest BCUT2D eigenvalue weighted by Gasteiger charge is -2.15. The molecule has 0 radical (unpaired) electrons. The Labute approximate surface area is 158 Å². The van der Waals surface area contributed by atoms with Gasteiger partial charge in [-0.05, 0) is 62.7 Å². The van der Waals surface area contributed by atoms with E-state index >= 15 is 0 Å². The highest BCUT2D eigenvalue weighted by atomic mass is 16.3. The first-order chi connectivity index (χ1) is 13.2. The maximum atomic E-state index is 12.9. The number of rotatable bonds is 6. The van der Waals surface area contributed by atoms with Gasteiger partial charge in [-0.1, -0.05) is 12.1 Å². The van der Waals surface area contributed by atoms with Gasteiger partial charge < -0.3 is 14.6 Å². The summed E-state index contributed by atoms with van der Waals surface area (Å²) in [5.74, 6) is 0.522. The van der Waals surface area contributed by atoms with Crippen LogP contribution in [-0.4, -0.2) is 46.8 Å². The van der Waals surface area contributed by atoms with Crippen molar-refractivity contribution in [2.24, 2.45) is 0 Å². The number of nitrogens with one attached hydrogen (secondary N) is 1. The summed E-state index contributed by atoms with van der Waals surface area (Å²) in [6.07, 6.45) is 4.11. The average molecular weight is 364 g/mol. The van der Waals surface area contributed by atoms with E-state index < -0.39 is 0 Å². The first kappa shape index (κ1) is 17.5. The number of nitrogens with zero attached hydrogens (tertiary/aromatic N) is 3. The first-order valence-corrected chi connectivity index (χ1v) is 9.42. The Bertz CT molecular complexity index is 908. The Morgan fingerprint density at radius 3 is 2.78 bits per heavy atom. The quantitative estimate of drug-likeness (QED) is 0.729. The molecule has 1 amide bonds. The van der Waals surface area contributed by atoms with Crippen molar-refractivity contribution in [3.8, 4) is 17.1 Å². The SMILES string of the molecule is Cc1cccc(-n2nc(-c3ccco3)cc2C(=O)NCCN2CCCC2)c1. The summed E-state index contributed by atoms with van der Waals surface area (Å²) in [5.41, 5.74) is 3.13. The normalized spacial score (nSPS) is 14.6. The molecule has 1 aromatic carbocycles. The summed E-state index contributed by atoms with van der Waals surface area (Å²) in [7, 11) is 0. The number of benzene rings is 1. The van der Waals surface area contributed by atoms with E-state index in [0.717, 1.165) is 30.9 Å². The second kappa shape index (κ2) is 7.80. The van der Waals surface area contributed by atoms with E-state index in [1.165, 1.54) is 12.8 Å². The summed E-state index contributed by atoms with van der Waals surface area (Å²) in [5, 5.41) is 7.66. The molecule has 1 fully saturated rings. The summed E-state index contributed by atoms with van der Waals surface area (Å²) >= 11 is 0. The minimum atomic E-state index is -0.124. The van der Waals surface area contributed by atoms with Gasteiger partial charge in [0.25, 0.3) is 5.91 Å². The maximum absolute atomic E-state index is 12.9. The minimum absolute atomic E-state index is 0.124. The molecule has 27 heavy (non-hydrogen) atoms. The second-order valence-electron chi connectivity index (χ2n) is 6.95. The van der Waals surface area contributed by atoms with Gasteiger partial charge >= 0.3 is 0 Å². The van der Waals surface area contributed by atoms with Crippen molar-refractivity contribution in [2.75, 3.05) is 26.2 Å². The second-order valence-corrected chi connectivity index (χ2v) is 6.95. The zero-order valence-corrected chi connectivity index (χ0v) is 15.5. The van der Waals surface area contributed by atoms with Crippen LogP contribution in [0, 0.1) is 6.92 Å². The lowest BCUT2D eigenvalue weighted by Crippen LogP contribution is -2.34. The van der Waals surface area contributed by atoms with Crippen LogP contribution in [0.3, 0.4) is 0 Å². The monoisotopic (exact) mass is 364 g/mol. The standard InChI is InChI=1S/C21H24N4O2/c1-16-6-4-7-17(14-16)25-19(15-18(23-25)20-8-5-13-27-20)21(26)22-9-12-24-10-2-3-11-24/h4-8,13-15H,2-3,9-12H2,1H3,(H,22,26). The van der Waals surface area contributed by atoms with Gasteiger partial charge in [0.2, 0.25) is 0 Å². The van der Waals surface area contributed by atoms with E-state index in [1.54, 1.807) is 17.0 Å². The molecule has 1 aliphatic rings. The first-order valence-electron chi connectivity index (χ1n) is 9.42. The smallest absolute Gasteiger partial charge is 0.270 e. The predicted octanol–water partition coefficient (Wildman–Crippen LogP) is 3.27. The number of aromatic nitrogens is 2. The van der Waals surface area contributed by atoms with Crippen LogP contribution >= 0.6 is 0 Å². The van der Waals surface area contributed by atoms with Crippen LogP contribution in [0.1, 0.15) is 28.9 Å². The summed E-state index contributed by atoms with van der Waals surface area (Å²) in [6.45, 7) is 5.79. The molecular weight excluding hydrogens is 340 g/mol. The predicted molar refractivity (Wildman–Crippen MR) is 104 cm³/mol. The molecule has 2 aromatic heterocycles. The van der Waals surface area contributed by atoms with Crippen molar-refractivity contribution >= 4 is 5.91 Å². The Morgan fingerprint density at radius 2 is 2.04 bits per heavy atom. The van der Waals surface area contributed by atoms with Gasteiger partial charge in [0.15, 0.2) is 5.76 Å². The molecule has 3 heterocycles. The van der Waals surface area contributed by atoms with Gasteiger partial charge in [-0.3, -0.25) is 4.79 Å². The third kappa shape index (κ3) is 3.95. The van der Waals surface area contributed by atoms with E-state index in [9.17, 15) is 4.79 Å². The maximum Gasteiger partial charge on any atom is 0.270 e. The Balaban J connectivity index is 1.58. The van der Waals surface area contributed by atoms with Crippen molar-refractivity contribution in [1.82, 2.24) is 20.0 Å². The number of hydrogen-bond donors (Lipinski definition) is 1. The Morgan fingerprint density at radius 1 is 1.19 bits per heavy atom. The number of hydrogen-bond acceptors (Lipinski definition) is 4. The van der Waals surface area contributed by atoms with Gasteiger partial charge in [-0.2, -0.15) is 5.10 Å². The van der Waals surface area contributed by atoms with E-state index in [4.69, 9.17) is 4.42 Å². The fraction of sp³-hybridized carbons (Fsp3) is 0.333. The van der Waals surface area contributed by atoms with Crippen LogP contribution in [0.5, 0.6) is 0 Å². The number of carbonyl (C=O) groups is 1. The van der Waals surface area contributed by atoms with Crippen LogP contribution in [0.2, 0.25) is 0 Å². The van der Waals surface area contributed by atoms with Gasteiger partial charge in [-0.25, -0.2) is 4.68 Å². The van der Waals surface area contributed by atoms with E-state index in [1.807, 2.05) is 43.3 Å². The zero-order valence-electron chi connectivity index (χ0n) is 15.5. The minimum Gasteiger partial charge on any atom is -0.463 e. The van der Waals surface area contributed by atoms with Crippen LogP contribution in [0.15, 0.2) is 53.1 Å². The molecule has 140 valence electrons. The van der Waals surface area contributed by atoms with E-state index in [-0.39, 0.29) is 5.91 Å². The van der Waals surface area contributed by atoms with Gasteiger partial charge in [0.05, 0.1) is 12.0 Å². The molecule has 0 aliphatic carbocycles. The number of carbonyl (C=O) groups excluding carboxylic acids is 1. The number of likely N-dealkylation sites (tertiary alicyclic amines) is 1. The van der Waals surface area contributed by atoms with Crippen LogP contribution < -0.4 is 5.32 Å². The third-order valence-electron chi connectivity index (χ3n) is 4.87. The van der Waals surface area contributed by atoms with E-state index in [2.05, 4.69) is 15.3 Å². The zero-order chi connectivity index (χ0) is 18.6. The van der Waals surface area contributed by atoms with Crippen molar-refractivity contribution in [1.29, 1.82) is 0 Å². The largest absolute Gasteiger partial charge is 0.463 e. The molecule has 4 rings (SSSR count). The lowest BCUT2D eigenvalue weighted by atomic mass is 10.2. The highest BCUT2D eigenvalue weighted by Crippen LogP contribution is 2.22. The number of aryl methyl sites for hydroxylation is 1. The number of furan rings is 1. The highest BCUT2D eigenvalue weighted by Gasteiger charge is 2.19. The van der Waals surface area contributed by atoms with Crippen molar-refractivity contribution in [2.45, 2.75) is 19.8 Å². The van der Waals surface area contributed by atoms with Crippen molar-refractivity contribution < 1.29 is 9.21 Å². The molecule has 0 unspecified atom stereocenters. The fourth-order valence-corrected chi connectivity index (χ4v) is 3.47. The highest BCUT2D eigenvalue weighted by molar-refractivity contribution is 5.94. The molecule has 0 spiro atoms. The molecule has 0 saturated carbocycles. The molecule has 3 aromatic rings. The van der Waals surface area contributed by atoms with Gasteiger partial charge in [-0.15, -0.1) is 0 Å². The van der Waals surface area contributed by atoms with Crippen LogP contribution in [0.4, 0.5) is 0 Å². The van der Waals surface area contributed by atoms with Crippen molar-refractivity contribution in [3.63, 3.8) is 0 Å². The molecule has 6 nitrogen and oxygen atoms in total. The van der Waals surface area contributed by atoms with E-state index in [0.29, 0.717) is 23.7 Å².